The number of ether oxygens (including phenoxy) is 1. The van der Waals surface area contributed by atoms with E-state index >= 15 is 0 Å². The second kappa shape index (κ2) is 12.9. The van der Waals surface area contributed by atoms with Gasteiger partial charge in [0.15, 0.2) is 11.5 Å². The lowest BCUT2D eigenvalue weighted by Gasteiger charge is -2.18. The van der Waals surface area contributed by atoms with Crippen LogP contribution in [0.2, 0.25) is 0 Å². The number of hydrogen-bond acceptors (Lipinski definition) is 11. The van der Waals surface area contributed by atoms with Crippen molar-refractivity contribution in [3.63, 3.8) is 0 Å². The molecule has 14 nitrogen and oxygen atoms in total. The highest BCUT2D eigenvalue weighted by molar-refractivity contribution is 6.00. The number of pyridine rings is 1. The van der Waals surface area contributed by atoms with Crippen LogP contribution in [0.15, 0.2) is 54.9 Å². The summed E-state index contributed by atoms with van der Waals surface area (Å²) in [5, 5.41) is 25.6. The first kappa shape index (κ1) is 29.5. The monoisotopic (exact) mass is 592 g/mol. The standard InChI is InChI=1S/C30H28N10O4/c1-32-29(42)26-23(13-24(38-39-26)37-28(41)17-7-8-17)36-21-6-4-5-20(27(21)44-3)18-9-10-22(34-15-18)30(43)40(2)16-25-33-12-11-19(14-31)35-25/h4-6,9-13,15,17H,7-8,16H2,1-3H3,(H,32,42)(H2,36,37,38,41). The van der Waals surface area contributed by atoms with Crippen LogP contribution in [0.4, 0.5) is 17.2 Å². The Balaban J connectivity index is 1.38. The Bertz CT molecular complexity index is 1770. The van der Waals surface area contributed by atoms with E-state index in [2.05, 4.69) is 41.1 Å². The van der Waals surface area contributed by atoms with Gasteiger partial charge in [-0.25, -0.2) is 9.97 Å². The zero-order valence-electron chi connectivity index (χ0n) is 24.2. The molecular weight excluding hydrogens is 564 g/mol. The number of nitrogens with zero attached hydrogens (tertiary/aromatic N) is 7. The number of amides is 3. The minimum Gasteiger partial charge on any atom is -0.494 e. The molecule has 0 radical (unpaired) electrons. The largest absolute Gasteiger partial charge is 0.494 e. The quantitative estimate of drug-likeness (QED) is 0.246. The second-order valence-electron chi connectivity index (χ2n) is 9.91. The van der Waals surface area contributed by atoms with Crippen LogP contribution in [0.1, 0.15) is 45.3 Å². The summed E-state index contributed by atoms with van der Waals surface area (Å²) < 4.78 is 5.76. The molecule has 3 N–H and O–H groups in total. The van der Waals surface area contributed by atoms with Gasteiger partial charge in [0.2, 0.25) is 5.91 Å². The van der Waals surface area contributed by atoms with E-state index in [0.29, 0.717) is 34.1 Å². The molecule has 5 rings (SSSR count). The highest BCUT2D eigenvalue weighted by Gasteiger charge is 2.30. The summed E-state index contributed by atoms with van der Waals surface area (Å²) in [6.45, 7) is 0.104. The molecule has 1 fully saturated rings. The molecule has 3 amide bonds. The maximum absolute atomic E-state index is 13.0. The first-order valence-electron chi connectivity index (χ1n) is 13.6. The molecule has 0 unspecified atom stereocenters. The van der Waals surface area contributed by atoms with E-state index in [0.717, 1.165) is 12.8 Å². The number of rotatable bonds is 10. The van der Waals surface area contributed by atoms with Crippen molar-refractivity contribution < 1.29 is 19.1 Å². The number of hydrogen-bond donors (Lipinski definition) is 3. The van der Waals surface area contributed by atoms with Crippen molar-refractivity contribution >= 4 is 34.9 Å². The third kappa shape index (κ3) is 6.57. The minimum absolute atomic E-state index is 0.0304. The molecule has 1 aliphatic rings. The SMILES string of the molecule is CNC(=O)c1nnc(NC(=O)C2CC2)cc1Nc1cccc(-c2ccc(C(=O)N(C)Cc3nccc(C#N)n3)nc2)c1OC. The lowest BCUT2D eigenvalue weighted by Crippen LogP contribution is -2.28. The maximum Gasteiger partial charge on any atom is 0.273 e. The fourth-order valence-corrected chi connectivity index (χ4v) is 4.33. The molecule has 0 atom stereocenters. The summed E-state index contributed by atoms with van der Waals surface area (Å²) >= 11 is 0. The summed E-state index contributed by atoms with van der Waals surface area (Å²) in [7, 11) is 4.60. The third-order valence-corrected chi connectivity index (χ3v) is 6.76. The van der Waals surface area contributed by atoms with Crippen molar-refractivity contribution in [1.29, 1.82) is 5.26 Å². The number of para-hydroxylation sites is 1. The van der Waals surface area contributed by atoms with Crippen LogP contribution in [-0.2, 0) is 11.3 Å². The Hall–Kier alpha value is -5.97. The van der Waals surface area contributed by atoms with Crippen LogP contribution in [0.5, 0.6) is 5.75 Å². The zero-order chi connectivity index (χ0) is 31.2. The normalized spacial score (nSPS) is 12.0. The van der Waals surface area contributed by atoms with Crippen molar-refractivity contribution in [3.05, 3.63) is 77.8 Å². The molecule has 1 aliphatic carbocycles. The molecular formula is C30H28N10O4. The topological polar surface area (TPSA) is 188 Å². The Labute approximate surface area is 252 Å². The third-order valence-electron chi connectivity index (χ3n) is 6.76. The van der Waals surface area contributed by atoms with Crippen molar-refractivity contribution in [2.45, 2.75) is 19.4 Å². The van der Waals surface area contributed by atoms with Gasteiger partial charge in [-0.3, -0.25) is 19.4 Å². The molecule has 0 bridgehead atoms. The number of methoxy groups -OCH3 is 1. The van der Waals surface area contributed by atoms with Gasteiger partial charge < -0.3 is 25.6 Å². The number of nitrogens with one attached hydrogen (secondary N) is 3. The molecule has 0 spiro atoms. The van der Waals surface area contributed by atoms with Gasteiger partial charge in [-0.15, -0.1) is 10.2 Å². The molecule has 3 aromatic heterocycles. The average Bonchev–Trinajstić information content (AvgIpc) is 3.90. The summed E-state index contributed by atoms with van der Waals surface area (Å²) in [6, 6.07) is 13.7. The van der Waals surface area contributed by atoms with Crippen LogP contribution >= 0.6 is 0 Å². The van der Waals surface area contributed by atoms with E-state index in [1.54, 1.807) is 43.6 Å². The number of aromatic nitrogens is 5. The molecule has 222 valence electrons. The lowest BCUT2D eigenvalue weighted by molar-refractivity contribution is -0.117. The summed E-state index contributed by atoms with van der Waals surface area (Å²) in [6.07, 6.45) is 4.69. The van der Waals surface area contributed by atoms with Gasteiger partial charge in [0.25, 0.3) is 11.8 Å². The fraction of sp³-hybridized carbons (Fsp3) is 0.233. The Morgan fingerprint density at radius 1 is 1.09 bits per heavy atom. The summed E-state index contributed by atoms with van der Waals surface area (Å²) in [5.74, 6) is 0.0194. The molecule has 1 saturated carbocycles. The predicted octanol–water partition coefficient (Wildman–Crippen LogP) is 2.93. The van der Waals surface area contributed by atoms with Crippen LogP contribution in [-0.4, -0.2) is 69.0 Å². The highest BCUT2D eigenvalue weighted by atomic mass is 16.5. The van der Waals surface area contributed by atoms with Crippen molar-refractivity contribution in [2.24, 2.45) is 5.92 Å². The van der Waals surface area contributed by atoms with Gasteiger partial charge in [0.05, 0.1) is 25.0 Å². The highest BCUT2D eigenvalue weighted by Crippen LogP contribution is 2.38. The molecule has 44 heavy (non-hydrogen) atoms. The van der Waals surface area contributed by atoms with Crippen LogP contribution in [0.3, 0.4) is 0 Å². The second-order valence-corrected chi connectivity index (χ2v) is 9.91. The van der Waals surface area contributed by atoms with Crippen LogP contribution in [0.25, 0.3) is 11.1 Å². The Kier molecular flexibility index (Phi) is 8.66. The van der Waals surface area contributed by atoms with Gasteiger partial charge in [0.1, 0.15) is 29.0 Å². The first-order valence-corrected chi connectivity index (χ1v) is 13.6. The van der Waals surface area contributed by atoms with E-state index in [1.807, 2.05) is 12.1 Å². The van der Waals surface area contributed by atoms with Gasteiger partial charge in [-0.1, -0.05) is 18.2 Å². The number of benzene rings is 1. The number of anilines is 3. The van der Waals surface area contributed by atoms with Crippen LogP contribution < -0.4 is 20.7 Å². The smallest absolute Gasteiger partial charge is 0.273 e. The molecule has 14 heteroatoms. The van der Waals surface area contributed by atoms with E-state index in [1.165, 1.54) is 31.3 Å². The summed E-state index contributed by atoms with van der Waals surface area (Å²) in [5.41, 5.74) is 2.63. The maximum atomic E-state index is 13.0. The van der Waals surface area contributed by atoms with Crippen molar-refractivity contribution in [2.75, 3.05) is 31.8 Å². The van der Waals surface area contributed by atoms with Crippen molar-refractivity contribution in [1.82, 2.24) is 35.4 Å². The zero-order valence-corrected chi connectivity index (χ0v) is 24.2. The van der Waals surface area contributed by atoms with Gasteiger partial charge in [-0.05, 0) is 31.0 Å². The van der Waals surface area contributed by atoms with E-state index in [-0.39, 0.29) is 47.2 Å². The lowest BCUT2D eigenvalue weighted by atomic mass is 10.0. The fourth-order valence-electron chi connectivity index (χ4n) is 4.33. The molecule has 1 aromatic carbocycles. The number of carbonyl (C=O) groups excluding carboxylic acids is 3. The summed E-state index contributed by atoms with van der Waals surface area (Å²) in [4.78, 5) is 51.9. The van der Waals surface area contributed by atoms with E-state index in [9.17, 15) is 14.4 Å². The van der Waals surface area contributed by atoms with E-state index in [4.69, 9.17) is 10.00 Å². The minimum atomic E-state index is -0.464. The van der Waals surface area contributed by atoms with Crippen LogP contribution in [0, 0.1) is 17.2 Å². The Morgan fingerprint density at radius 2 is 1.91 bits per heavy atom. The predicted molar refractivity (Wildman–Crippen MR) is 159 cm³/mol. The number of nitriles is 1. The molecule has 0 aliphatic heterocycles. The number of carbonyl (C=O) groups is 3. The van der Waals surface area contributed by atoms with Gasteiger partial charge in [0, 0.05) is 49.6 Å². The molecule has 3 heterocycles. The van der Waals surface area contributed by atoms with Gasteiger partial charge in [-0.2, -0.15) is 5.26 Å². The molecule has 0 saturated heterocycles. The van der Waals surface area contributed by atoms with E-state index < -0.39 is 5.91 Å². The average molecular weight is 593 g/mol. The Morgan fingerprint density at radius 3 is 2.59 bits per heavy atom. The van der Waals surface area contributed by atoms with Gasteiger partial charge >= 0.3 is 0 Å². The first-order chi connectivity index (χ1) is 21.3. The van der Waals surface area contributed by atoms with Crippen molar-refractivity contribution in [3.8, 4) is 22.9 Å². The molecule has 4 aromatic rings.